The minimum Gasteiger partial charge on any atom is -0.381 e. The van der Waals surface area contributed by atoms with E-state index in [2.05, 4.69) is 38.1 Å². The lowest BCUT2D eigenvalue weighted by Gasteiger charge is -2.28. The summed E-state index contributed by atoms with van der Waals surface area (Å²) in [6, 6.07) is 1.99. The van der Waals surface area contributed by atoms with Crippen molar-refractivity contribution in [1.82, 2.24) is 15.1 Å². The number of hydrogen-bond donors (Lipinski definition) is 1. The molecule has 2 N–H and O–H groups in total. The number of likely N-dealkylation sites (tertiary alicyclic amines) is 1. The van der Waals surface area contributed by atoms with Crippen molar-refractivity contribution in [2.75, 3.05) is 25.9 Å². The van der Waals surface area contributed by atoms with E-state index in [-0.39, 0.29) is 0 Å². The molecule has 0 radical (unpaired) electrons. The van der Waals surface area contributed by atoms with Crippen LogP contribution in [0, 0.1) is 5.92 Å². The predicted octanol–water partition coefficient (Wildman–Crippen LogP) is 1.71. The number of nitrogens with zero attached hydrogens (tertiary/aromatic N) is 3. The summed E-state index contributed by atoms with van der Waals surface area (Å²) in [5.41, 5.74) is 6.65. The number of nitrogen functional groups attached to an aromatic ring is 1. The summed E-state index contributed by atoms with van der Waals surface area (Å²) in [5.74, 6) is 1.20. The van der Waals surface area contributed by atoms with Crippen LogP contribution in [0.5, 0.6) is 0 Å². The Kier molecular flexibility index (Phi) is 3.76. The molecule has 0 bridgehead atoms. The van der Waals surface area contributed by atoms with Gasteiger partial charge in [0, 0.05) is 0 Å². The molecule has 1 aromatic rings. The molecule has 0 amide bonds. The number of aromatic nitrogens is 2. The van der Waals surface area contributed by atoms with E-state index in [1.54, 1.807) is 0 Å². The largest absolute Gasteiger partial charge is 0.381 e. The number of hydrogen-bond acceptors (Lipinski definition) is 4. The second kappa shape index (κ2) is 5.10. The number of rotatable bonds is 2. The summed E-state index contributed by atoms with van der Waals surface area (Å²) in [7, 11) is 2.18. The first-order valence-corrected chi connectivity index (χ1v) is 6.40. The van der Waals surface area contributed by atoms with Gasteiger partial charge in [-0.15, -0.1) is 5.10 Å². The first kappa shape index (κ1) is 11.8. The molecule has 2 heterocycles. The van der Waals surface area contributed by atoms with E-state index >= 15 is 0 Å². The molecule has 1 fully saturated rings. The molecule has 1 aliphatic heterocycles. The van der Waals surface area contributed by atoms with E-state index in [4.69, 9.17) is 5.73 Å². The van der Waals surface area contributed by atoms with Crippen LogP contribution in [0.1, 0.15) is 18.5 Å². The van der Waals surface area contributed by atoms with E-state index in [0.717, 1.165) is 22.5 Å². The van der Waals surface area contributed by atoms with Crippen molar-refractivity contribution in [3.8, 4) is 0 Å². The maximum Gasteiger partial charge on any atom is 0.160 e. The summed E-state index contributed by atoms with van der Waals surface area (Å²) in [4.78, 5) is 2.38. The highest BCUT2D eigenvalue weighted by Gasteiger charge is 2.17. The van der Waals surface area contributed by atoms with Crippen molar-refractivity contribution in [1.29, 1.82) is 0 Å². The molecule has 0 aromatic carbocycles. The molecular weight excluding hydrogens is 268 g/mol. The zero-order chi connectivity index (χ0) is 11.5. The standard InChI is InChI=1S/C11H17BrN4/c1-16-4-2-8(3-5-16)6-9-7-10(12)11(13)15-14-9/h7-8H,2-6H2,1H3,(H2,13,15). The van der Waals surface area contributed by atoms with Crippen LogP contribution < -0.4 is 5.73 Å². The van der Waals surface area contributed by atoms with Gasteiger partial charge in [0.1, 0.15) is 0 Å². The van der Waals surface area contributed by atoms with Gasteiger partial charge in [0.25, 0.3) is 0 Å². The molecule has 0 saturated carbocycles. The molecule has 88 valence electrons. The van der Waals surface area contributed by atoms with Crippen LogP contribution in [0.2, 0.25) is 0 Å². The Morgan fingerprint density at radius 1 is 1.44 bits per heavy atom. The third-order valence-corrected chi connectivity index (χ3v) is 3.80. The fourth-order valence-corrected chi connectivity index (χ4v) is 2.42. The van der Waals surface area contributed by atoms with Gasteiger partial charge in [-0.3, -0.25) is 0 Å². The smallest absolute Gasteiger partial charge is 0.160 e. The number of anilines is 1. The van der Waals surface area contributed by atoms with Crippen LogP contribution in [0.25, 0.3) is 0 Å². The Bertz CT molecular complexity index is 361. The molecule has 0 spiro atoms. The normalized spacial score (nSPS) is 18.9. The van der Waals surface area contributed by atoms with Crippen molar-refractivity contribution >= 4 is 21.7 Å². The molecule has 4 nitrogen and oxygen atoms in total. The first-order chi connectivity index (χ1) is 7.65. The van der Waals surface area contributed by atoms with Gasteiger partial charge in [-0.25, -0.2) is 0 Å². The summed E-state index contributed by atoms with van der Waals surface area (Å²) < 4.78 is 0.852. The topological polar surface area (TPSA) is 55.0 Å². The Morgan fingerprint density at radius 2 is 2.12 bits per heavy atom. The molecule has 5 heteroatoms. The predicted molar refractivity (Wildman–Crippen MR) is 68.1 cm³/mol. The highest BCUT2D eigenvalue weighted by Crippen LogP contribution is 2.22. The van der Waals surface area contributed by atoms with Crippen molar-refractivity contribution < 1.29 is 0 Å². The van der Waals surface area contributed by atoms with Gasteiger partial charge >= 0.3 is 0 Å². The van der Waals surface area contributed by atoms with Gasteiger partial charge in [0.2, 0.25) is 0 Å². The average molecular weight is 285 g/mol. The van der Waals surface area contributed by atoms with Gasteiger partial charge in [0.15, 0.2) is 5.82 Å². The van der Waals surface area contributed by atoms with E-state index in [0.29, 0.717) is 5.82 Å². The quantitative estimate of drug-likeness (QED) is 0.898. The SMILES string of the molecule is CN1CCC(Cc2cc(Br)c(N)nn2)CC1. The summed E-state index contributed by atoms with van der Waals surface area (Å²) in [6.45, 7) is 2.38. The van der Waals surface area contributed by atoms with Crippen LogP contribution in [-0.2, 0) is 6.42 Å². The van der Waals surface area contributed by atoms with Crippen LogP contribution in [0.4, 0.5) is 5.82 Å². The molecule has 1 saturated heterocycles. The summed E-state index contributed by atoms with van der Waals surface area (Å²) >= 11 is 3.38. The summed E-state index contributed by atoms with van der Waals surface area (Å²) in [5, 5.41) is 8.06. The van der Waals surface area contributed by atoms with Gasteiger partial charge in [-0.1, -0.05) is 0 Å². The third kappa shape index (κ3) is 2.92. The van der Waals surface area contributed by atoms with Gasteiger partial charge in [0.05, 0.1) is 10.2 Å². The highest BCUT2D eigenvalue weighted by molar-refractivity contribution is 9.10. The molecule has 0 aliphatic carbocycles. The van der Waals surface area contributed by atoms with E-state index < -0.39 is 0 Å². The van der Waals surface area contributed by atoms with Gasteiger partial charge in [-0.2, -0.15) is 5.10 Å². The minimum atomic E-state index is 0.465. The maximum absolute atomic E-state index is 5.61. The van der Waals surface area contributed by atoms with Crippen molar-refractivity contribution in [3.05, 3.63) is 16.2 Å². The van der Waals surface area contributed by atoms with E-state index in [1.165, 1.54) is 25.9 Å². The summed E-state index contributed by atoms with van der Waals surface area (Å²) in [6.07, 6.45) is 3.51. The molecule has 1 aromatic heterocycles. The van der Waals surface area contributed by atoms with Crippen LogP contribution in [0.3, 0.4) is 0 Å². The Balaban J connectivity index is 1.96. The van der Waals surface area contributed by atoms with Crippen LogP contribution >= 0.6 is 15.9 Å². The maximum atomic E-state index is 5.61. The zero-order valence-corrected chi connectivity index (χ0v) is 11.1. The Labute approximate surface area is 104 Å². The molecule has 16 heavy (non-hydrogen) atoms. The fourth-order valence-electron chi connectivity index (χ4n) is 2.08. The zero-order valence-electron chi connectivity index (χ0n) is 9.49. The lowest BCUT2D eigenvalue weighted by molar-refractivity contribution is 0.218. The highest BCUT2D eigenvalue weighted by atomic mass is 79.9. The van der Waals surface area contributed by atoms with E-state index in [9.17, 15) is 0 Å². The van der Waals surface area contributed by atoms with Crippen LogP contribution in [0.15, 0.2) is 10.5 Å². The Morgan fingerprint density at radius 3 is 2.75 bits per heavy atom. The molecule has 1 aliphatic rings. The molecule has 0 unspecified atom stereocenters. The molecular formula is C11H17BrN4. The third-order valence-electron chi connectivity index (χ3n) is 3.16. The van der Waals surface area contributed by atoms with Crippen molar-refractivity contribution in [2.24, 2.45) is 5.92 Å². The fraction of sp³-hybridized carbons (Fsp3) is 0.636. The lowest BCUT2D eigenvalue weighted by Crippen LogP contribution is -2.31. The van der Waals surface area contributed by atoms with Gasteiger partial charge < -0.3 is 10.6 Å². The van der Waals surface area contributed by atoms with E-state index in [1.807, 2.05) is 6.07 Å². The van der Waals surface area contributed by atoms with Crippen LogP contribution in [-0.4, -0.2) is 35.2 Å². The number of nitrogens with two attached hydrogens (primary N) is 1. The van der Waals surface area contributed by atoms with Gasteiger partial charge in [-0.05, 0) is 67.3 Å². The monoisotopic (exact) mass is 284 g/mol. The number of piperidine rings is 1. The second-order valence-electron chi connectivity index (χ2n) is 4.52. The Hall–Kier alpha value is -0.680. The van der Waals surface area contributed by atoms with Crippen molar-refractivity contribution in [3.63, 3.8) is 0 Å². The first-order valence-electron chi connectivity index (χ1n) is 5.61. The molecule has 2 rings (SSSR count). The number of halogens is 1. The average Bonchev–Trinajstić information content (AvgIpc) is 2.27. The molecule has 0 atom stereocenters. The second-order valence-corrected chi connectivity index (χ2v) is 5.37. The van der Waals surface area contributed by atoms with Crippen molar-refractivity contribution in [2.45, 2.75) is 19.3 Å². The minimum absolute atomic E-state index is 0.465. The lowest BCUT2D eigenvalue weighted by atomic mass is 9.92.